The molecule has 94 valence electrons. The van der Waals surface area contributed by atoms with Gasteiger partial charge in [-0.2, -0.15) is 0 Å². The first-order valence-electron chi connectivity index (χ1n) is 6.36. The van der Waals surface area contributed by atoms with Crippen molar-refractivity contribution >= 4 is 12.3 Å². The van der Waals surface area contributed by atoms with Gasteiger partial charge in [-0.1, -0.05) is 46.0 Å². The first-order chi connectivity index (χ1) is 7.76. The van der Waals surface area contributed by atoms with Gasteiger partial charge in [-0.25, -0.2) is 0 Å². The van der Waals surface area contributed by atoms with Crippen LogP contribution >= 0.6 is 0 Å². The van der Waals surface area contributed by atoms with E-state index in [0.29, 0.717) is 6.29 Å². The molecule has 0 aliphatic heterocycles. The van der Waals surface area contributed by atoms with Crippen molar-refractivity contribution < 1.29 is 14.3 Å². The van der Waals surface area contributed by atoms with E-state index in [1.165, 1.54) is 19.3 Å². The Kier molecular flexibility index (Phi) is 10.1. The van der Waals surface area contributed by atoms with E-state index in [2.05, 4.69) is 13.8 Å². The average Bonchev–Trinajstić information content (AvgIpc) is 2.30. The lowest BCUT2D eigenvalue weighted by molar-refractivity contribution is -0.150. The van der Waals surface area contributed by atoms with Crippen LogP contribution in [0.5, 0.6) is 0 Å². The quantitative estimate of drug-likeness (QED) is 0.328. The van der Waals surface area contributed by atoms with Gasteiger partial charge in [-0.15, -0.1) is 0 Å². The Hall–Kier alpha value is -0.860. The highest BCUT2D eigenvalue weighted by Gasteiger charge is 2.18. The Morgan fingerprint density at radius 1 is 1.12 bits per heavy atom. The predicted octanol–water partition coefficient (Wildman–Crippen LogP) is 3.12. The number of rotatable bonds is 10. The van der Waals surface area contributed by atoms with E-state index in [9.17, 15) is 9.59 Å². The molecule has 0 saturated heterocycles. The van der Waals surface area contributed by atoms with Crippen LogP contribution in [0.25, 0.3) is 0 Å². The van der Waals surface area contributed by atoms with Crippen molar-refractivity contribution in [1.29, 1.82) is 0 Å². The molecular weight excluding hydrogens is 204 g/mol. The highest BCUT2D eigenvalue weighted by molar-refractivity contribution is 5.73. The summed E-state index contributed by atoms with van der Waals surface area (Å²) in [5.41, 5.74) is 0. The molecule has 1 unspecified atom stereocenters. The Morgan fingerprint density at radius 2 is 1.88 bits per heavy atom. The molecule has 0 aromatic rings. The predicted molar refractivity (Wildman–Crippen MR) is 64.2 cm³/mol. The van der Waals surface area contributed by atoms with Crippen molar-refractivity contribution in [3.05, 3.63) is 0 Å². The van der Waals surface area contributed by atoms with Crippen LogP contribution in [-0.2, 0) is 14.3 Å². The van der Waals surface area contributed by atoms with Crippen LogP contribution < -0.4 is 0 Å². The summed E-state index contributed by atoms with van der Waals surface area (Å²) >= 11 is 0. The SMILES string of the molecule is CCCCCCC(CCC)C(=O)OCC=O. The maximum atomic E-state index is 11.6. The second-order valence-electron chi connectivity index (χ2n) is 4.13. The van der Waals surface area contributed by atoms with E-state index >= 15 is 0 Å². The number of hydrogen-bond donors (Lipinski definition) is 0. The van der Waals surface area contributed by atoms with Gasteiger partial charge in [0.25, 0.3) is 0 Å². The minimum Gasteiger partial charge on any atom is -0.458 e. The zero-order valence-corrected chi connectivity index (χ0v) is 10.5. The minimum absolute atomic E-state index is 0.0122. The lowest BCUT2D eigenvalue weighted by atomic mass is 9.96. The standard InChI is InChI=1S/C13H24O3/c1-3-5-6-7-9-12(8-4-2)13(15)16-11-10-14/h10,12H,3-9,11H2,1-2H3. The summed E-state index contributed by atoms with van der Waals surface area (Å²) in [7, 11) is 0. The number of ether oxygens (including phenoxy) is 1. The number of carbonyl (C=O) groups is 2. The first-order valence-corrected chi connectivity index (χ1v) is 6.36. The van der Waals surface area contributed by atoms with Gasteiger partial charge in [0.05, 0.1) is 5.92 Å². The molecule has 1 atom stereocenters. The summed E-state index contributed by atoms with van der Waals surface area (Å²) in [5, 5.41) is 0. The third-order valence-electron chi connectivity index (χ3n) is 2.67. The van der Waals surface area contributed by atoms with Gasteiger partial charge in [0.2, 0.25) is 0 Å². The molecule has 0 amide bonds. The second-order valence-corrected chi connectivity index (χ2v) is 4.13. The van der Waals surface area contributed by atoms with Crippen molar-refractivity contribution in [2.24, 2.45) is 5.92 Å². The van der Waals surface area contributed by atoms with Gasteiger partial charge in [0, 0.05) is 0 Å². The van der Waals surface area contributed by atoms with E-state index in [0.717, 1.165) is 25.7 Å². The molecule has 0 spiro atoms. The van der Waals surface area contributed by atoms with Crippen molar-refractivity contribution in [1.82, 2.24) is 0 Å². The van der Waals surface area contributed by atoms with E-state index < -0.39 is 0 Å². The molecule has 16 heavy (non-hydrogen) atoms. The smallest absolute Gasteiger partial charge is 0.309 e. The number of unbranched alkanes of at least 4 members (excludes halogenated alkanes) is 3. The topological polar surface area (TPSA) is 43.4 Å². The molecule has 0 fully saturated rings. The molecule has 0 saturated carbocycles. The highest BCUT2D eigenvalue weighted by Crippen LogP contribution is 2.17. The van der Waals surface area contributed by atoms with Crippen LogP contribution in [-0.4, -0.2) is 18.9 Å². The molecule has 3 heteroatoms. The molecule has 0 N–H and O–H groups in total. The number of carbonyl (C=O) groups excluding carboxylic acids is 2. The summed E-state index contributed by atoms with van der Waals surface area (Å²) in [6.45, 7) is 4.13. The van der Waals surface area contributed by atoms with Crippen molar-refractivity contribution in [2.75, 3.05) is 6.61 Å². The third-order valence-corrected chi connectivity index (χ3v) is 2.67. The van der Waals surface area contributed by atoms with Crippen LogP contribution in [0.1, 0.15) is 58.8 Å². The van der Waals surface area contributed by atoms with Gasteiger partial charge in [0.15, 0.2) is 6.29 Å². The monoisotopic (exact) mass is 228 g/mol. The molecule has 0 aromatic heterocycles. The van der Waals surface area contributed by atoms with Crippen molar-refractivity contribution in [3.63, 3.8) is 0 Å². The van der Waals surface area contributed by atoms with Gasteiger partial charge in [0.1, 0.15) is 6.61 Å². The highest BCUT2D eigenvalue weighted by atomic mass is 16.5. The zero-order valence-electron chi connectivity index (χ0n) is 10.5. The Balaban J connectivity index is 3.84. The van der Waals surface area contributed by atoms with Gasteiger partial charge in [-0.05, 0) is 12.8 Å². The average molecular weight is 228 g/mol. The summed E-state index contributed by atoms with van der Waals surface area (Å²) in [4.78, 5) is 21.7. The van der Waals surface area contributed by atoms with Crippen LogP contribution in [0.15, 0.2) is 0 Å². The molecular formula is C13H24O3. The summed E-state index contributed by atoms with van der Waals surface area (Å²) in [5.74, 6) is -0.216. The lowest BCUT2D eigenvalue weighted by Gasteiger charge is -2.13. The maximum absolute atomic E-state index is 11.6. The first kappa shape index (κ1) is 15.1. The van der Waals surface area contributed by atoms with E-state index in [-0.39, 0.29) is 18.5 Å². The molecule has 3 nitrogen and oxygen atoms in total. The van der Waals surface area contributed by atoms with Gasteiger partial charge in [-0.3, -0.25) is 9.59 Å². The molecule has 0 radical (unpaired) electrons. The molecule has 0 rings (SSSR count). The summed E-state index contributed by atoms with van der Waals surface area (Å²) < 4.78 is 4.86. The van der Waals surface area contributed by atoms with E-state index in [1.54, 1.807) is 0 Å². The van der Waals surface area contributed by atoms with Gasteiger partial charge < -0.3 is 4.74 Å². The molecule has 0 aliphatic rings. The van der Waals surface area contributed by atoms with E-state index in [4.69, 9.17) is 4.74 Å². The number of aldehydes is 1. The lowest BCUT2D eigenvalue weighted by Crippen LogP contribution is -2.18. The van der Waals surface area contributed by atoms with Crippen molar-refractivity contribution in [3.8, 4) is 0 Å². The fourth-order valence-electron chi connectivity index (χ4n) is 1.78. The van der Waals surface area contributed by atoms with Crippen molar-refractivity contribution in [2.45, 2.75) is 58.8 Å². The zero-order chi connectivity index (χ0) is 12.2. The van der Waals surface area contributed by atoms with E-state index in [1.807, 2.05) is 0 Å². The maximum Gasteiger partial charge on any atom is 0.309 e. The second kappa shape index (κ2) is 10.7. The molecule has 0 aliphatic carbocycles. The van der Waals surface area contributed by atoms with Crippen LogP contribution in [0, 0.1) is 5.92 Å². The number of hydrogen-bond acceptors (Lipinski definition) is 3. The largest absolute Gasteiger partial charge is 0.458 e. The van der Waals surface area contributed by atoms with Gasteiger partial charge >= 0.3 is 5.97 Å². The Morgan fingerprint density at radius 3 is 2.44 bits per heavy atom. The minimum atomic E-state index is -0.203. The fourth-order valence-corrected chi connectivity index (χ4v) is 1.78. The fraction of sp³-hybridized carbons (Fsp3) is 0.846. The van der Waals surface area contributed by atoms with Crippen LogP contribution in [0.2, 0.25) is 0 Å². The van der Waals surface area contributed by atoms with Crippen LogP contribution in [0.3, 0.4) is 0 Å². The van der Waals surface area contributed by atoms with Crippen LogP contribution in [0.4, 0.5) is 0 Å². The Labute approximate surface area is 98.6 Å². The molecule has 0 aromatic carbocycles. The normalized spacial score (nSPS) is 12.1. The Bertz CT molecular complexity index is 190. The number of esters is 1. The summed E-state index contributed by atoms with van der Waals surface area (Å²) in [6.07, 6.45) is 8.05. The molecule has 0 heterocycles. The summed E-state index contributed by atoms with van der Waals surface area (Å²) in [6, 6.07) is 0. The third kappa shape index (κ3) is 7.43. The molecule has 0 bridgehead atoms.